The molecule has 0 aromatic heterocycles. The van der Waals surface area contributed by atoms with E-state index in [2.05, 4.69) is 6.92 Å². The van der Waals surface area contributed by atoms with Gasteiger partial charge in [-0.2, -0.15) is 0 Å². The molecule has 7 nitrogen and oxygen atoms in total. The van der Waals surface area contributed by atoms with Crippen LogP contribution >= 0.6 is 0 Å². The largest absolute Gasteiger partial charge is 0.392 e. The first kappa shape index (κ1) is 26.5. The summed E-state index contributed by atoms with van der Waals surface area (Å²) in [7, 11) is 0. The Morgan fingerprint density at radius 3 is 2.18 bits per heavy atom. The van der Waals surface area contributed by atoms with Gasteiger partial charge in [-0.1, -0.05) is 63.3 Å². The van der Waals surface area contributed by atoms with Gasteiger partial charge in [-0.15, -0.1) is 0 Å². The van der Waals surface area contributed by atoms with Crippen molar-refractivity contribution >= 4 is 23.9 Å². The van der Waals surface area contributed by atoms with E-state index in [4.69, 9.17) is 14.6 Å². The van der Waals surface area contributed by atoms with Crippen molar-refractivity contribution in [3.05, 3.63) is 46.6 Å². The Bertz CT molecular complexity index is 873. The quantitative estimate of drug-likeness (QED) is 0.168. The number of cyclic esters (lactones) is 4. The summed E-state index contributed by atoms with van der Waals surface area (Å²) in [5.74, 6) is -3.10. The monoisotopic (exact) mass is 458 g/mol. The summed E-state index contributed by atoms with van der Waals surface area (Å²) in [6.45, 7) is 3.70. The van der Waals surface area contributed by atoms with Gasteiger partial charge in [-0.05, 0) is 44.9 Å². The Balaban J connectivity index is 2.18. The Labute approximate surface area is 195 Å². The Morgan fingerprint density at radius 2 is 1.52 bits per heavy atom. The van der Waals surface area contributed by atoms with E-state index >= 15 is 0 Å². The SMILES string of the molecule is CCCCCCC[C@@H](CC1=C(/C=C/CCC/C=C\CO)C(=O)OC1=O)C1=C(C)C(=O)OC1=O. The maximum atomic E-state index is 12.4. The first-order valence-corrected chi connectivity index (χ1v) is 11.8. The zero-order valence-corrected chi connectivity index (χ0v) is 19.6. The van der Waals surface area contributed by atoms with Crippen LogP contribution in [-0.4, -0.2) is 35.6 Å². The third-order valence-corrected chi connectivity index (χ3v) is 5.91. The van der Waals surface area contributed by atoms with E-state index in [1.807, 2.05) is 12.2 Å². The average Bonchev–Trinajstić information content (AvgIpc) is 3.19. The van der Waals surface area contributed by atoms with Gasteiger partial charge in [0.2, 0.25) is 0 Å². The number of aliphatic hydroxyl groups excluding tert-OH is 1. The smallest absolute Gasteiger partial charge is 0.346 e. The molecule has 0 spiro atoms. The molecule has 0 saturated carbocycles. The van der Waals surface area contributed by atoms with E-state index in [1.165, 1.54) is 0 Å². The lowest BCUT2D eigenvalue weighted by Crippen LogP contribution is -2.15. The second kappa shape index (κ2) is 13.7. The Kier molecular flexibility index (Phi) is 11.0. The highest BCUT2D eigenvalue weighted by Crippen LogP contribution is 2.35. The zero-order valence-electron chi connectivity index (χ0n) is 19.6. The highest BCUT2D eigenvalue weighted by Gasteiger charge is 2.39. The molecule has 0 amide bonds. The molecule has 0 fully saturated rings. The predicted molar refractivity (Wildman–Crippen MR) is 123 cm³/mol. The summed E-state index contributed by atoms with van der Waals surface area (Å²) < 4.78 is 9.64. The molecule has 2 rings (SSSR count). The fraction of sp³-hybridized carbons (Fsp3) is 0.538. The average molecular weight is 459 g/mol. The third-order valence-electron chi connectivity index (χ3n) is 5.91. The highest BCUT2D eigenvalue weighted by atomic mass is 16.6. The number of ether oxygens (including phenoxy) is 2. The third kappa shape index (κ3) is 7.63. The normalized spacial score (nSPS) is 17.8. The van der Waals surface area contributed by atoms with Crippen molar-refractivity contribution in [1.29, 1.82) is 0 Å². The molecule has 1 N–H and O–H groups in total. The van der Waals surface area contributed by atoms with Crippen molar-refractivity contribution in [2.24, 2.45) is 5.92 Å². The number of carbonyl (C=O) groups excluding carboxylic acids is 4. The van der Waals surface area contributed by atoms with Gasteiger partial charge in [0.05, 0.1) is 23.3 Å². The molecule has 2 aliphatic heterocycles. The van der Waals surface area contributed by atoms with Crippen LogP contribution in [0.5, 0.6) is 0 Å². The van der Waals surface area contributed by atoms with E-state index in [0.717, 1.165) is 44.9 Å². The van der Waals surface area contributed by atoms with Gasteiger partial charge in [-0.3, -0.25) is 0 Å². The summed E-state index contributed by atoms with van der Waals surface area (Å²) in [5.41, 5.74) is 1.01. The summed E-state index contributed by atoms with van der Waals surface area (Å²) >= 11 is 0. The first-order valence-electron chi connectivity index (χ1n) is 11.8. The molecule has 0 aromatic rings. The van der Waals surface area contributed by atoms with E-state index in [9.17, 15) is 19.2 Å². The van der Waals surface area contributed by atoms with Crippen LogP contribution < -0.4 is 0 Å². The standard InChI is InChI=1S/C26H34O7/c1-3-4-5-8-11-14-19(22-18(2)23(28)32-26(22)31)17-21-20(24(29)33-25(21)30)15-12-9-6-7-10-13-16-27/h10,12-13,15,19,27H,3-9,11,14,16-17H2,1-2H3/b13-10-,15-12+/t19-/m0/s1. The number of aliphatic hydroxyl groups is 1. The number of esters is 4. The van der Waals surface area contributed by atoms with Crippen LogP contribution in [0.25, 0.3) is 0 Å². The number of rotatable bonds is 15. The molecular weight excluding hydrogens is 424 g/mol. The molecule has 0 unspecified atom stereocenters. The van der Waals surface area contributed by atoms with Crippen LogP contribution in [0.15, 0.2) is 46.6 Å². The fourth-order valence-electron chi connectivity index (χ4n) is 4.08. The molecule has 0 bridgehead atoms. The van der Waals surface area contributed by atoms with Gasteiger partial charge in [0.1, 0.15) is 0 Å². The van der Waals surface area contributed by atoms with Crippen LogP contribution in [0.2, 0.25) is 0 Å². The highest BCUT2D eigenvalue weighted by molar-refractivity contribution is 6.15. The molecule has 7 heteroatoms. The number of unbranched alkanes of at least 4 members (excludes halogenated alkanes) is 6. The summed E-state index contributed by atoms with van der Waals surface area (Å²) in [5, 5.41) is 8.74. The maximum Gasteiger partial charge on any atom is 0.346 e. The minimum absolute atomic E-state index is 0.00879. The number of carbonyl (C=O) groups is 4. The lowest BCUT2D eigenvalue weighted by Gasteiger charge is -2.17. The van der Waals surface area contributed by atoms with Gasteiger partial charge in [0.25, 0.3) is 0 Å². The van der Waals surface area contributed by atoms with Crippen molar-refractivity contribution < 1.29 is 33.8 Å². The van der Waals surface area contributed by atoms with Crippen molar-refractivity contribution in [3.63, 3.8) is 0 Å². The Hall–Kier alpha value is -2.80. The first-order chi connectivity index (χ1) is 15.9. The van der Waals surface area contributed by atoms with Gasteiger partial charge in [0, 0.05) is 5.57 Å². The molecular formula is C26H34O7. The van der Waals surface area contributed by atoms with Crippen molar-refractivity contribution in [1.82, 2.24) is 0 Å². The number of allylic oxidation sites excluding steroid dienone is 2. The van der Waals surface area contributed by atoms with Gasteiger partial charge in [0.15, 0.2) is 0 Å². The molecule has 2 heterocycles. The van der Waals surface area contributed by atoms with Crippen LogP contribution in [0.4, 0.5) is 0 Å². The van der Waals surface area contributed by atoms with E-state index in [0.29, 0.717) is 18.4 Å². The van der Waals surface area contributed by atoms with Gasteiger partial charge in [-0.25, -0.2) is 19.2 Å². The van der Waals surface area contributed by atoms with Crippen LogP contribution in [-0.2, 0) is 28.7 Å². The van der Waals surface area contributed by atoms with Gasteiger partial charge < -0.3 is 14.6 Å². The second-order valence-electron chi connectivity index (χ2n) is 8.38. The predicted octanol–water partition coefficient (Wildman–Crippen LogP) is 4.41. The maximum absolute atomic E-state index is 12.4. The van der Waals surface area contributed by atoms with Crippen LogP contribution in [0, 0.1) is 5.92 Å². The van der Waals surface area contributed by atoms with Crippen LogP contribution in [0.1, 0.15) is 78.1 Å². The van der Waals surface area contributed by atoms with E-state index < -0.39 is 29.8 Å². The second-order valence-corrected chi connectivity index (χ2v) is 8.38. The van der Waals surface area contributed by atoms with Crippen LogP contribution in [0.3, 0.4) is 0 Å². The molecule has 0 aliphatic carbocycles. The molecule has 2 aliphatic rings. The molecule has 1 atom stereocenters. The summed E-state index contributed by atoms with van der Waals surface area (Å²) in [4.78, 5) is 49.0. The van der Waals surface area contributed by atoms with Crippen molar-refractivity contribution in [2.45, 2.75) is 78.1 Å². The van der Waals surface area contributed by atoms with E-state index in [1.54, 1.807) is 19.1 Å². The van der Waals surface area contributed by atoms with Gasteiger partial charge >= 0.3 is 23.9 Å². The lowest BCUT2D eigenvalue weighted by atomic mass is 9.84. The molecule has 180 valence electrons. The van der Waals surface area contributed by atoms with Crippen molar-refractivity contribution in [2.75, 3.05) is 6.61 Å². The van der Waals surface area contributed by atoms with Crippen molar-refractivity contribution in [3.8, 4) is 0 Å². The minimum Gasteiger partial charge on any atom is -0.392 e. The molecule has 0 radical (unpaired) electrons. The number of hydrogen-bond acceptors (Lipinski definition) is 7. The molecule has 0 saturated heterocycles. The van der Waals surface area contributed by atoms with E-state index in [-0.39, 0.29) is 29.7 Å². The fourth-order valence-corrected chi connectivity index (χ4v) is 4.08. The minimum atomic E-state index is -0.697. The summed E-state index contributed by atoms with van der Waals surface area (Å²) in [6.07, 6.45) is 15.2. The Morgan fingerprint density at radius 1 is 0.818 bits per heavy atom. The number of hydrogen-bond donors (Lipinski definition) is 1. The lowest BCUT2D eigenvalue weighted by molar-refractivity contribution is -0.153. The molecule has 0 aromatic carbocycles. The zero-order chi connectivity index (χ0) is 24.2. The topological polar surface area (TPSA) is 107 Å². The summed E-state index contributed by atoms with van der Waals surface area (Å²) in [6, 6.07) is 0. The molecule has 33 heavy (non-hydrogen) atoms.